The fraction of sp³-hybridized carbons (Fsp3) is 0.273. The molecule has 1 heterocycles. The molecule has 0 spiro atoms. The number of carbonyl (C=O) groups excluding carboxylic acids is 1. The SMILES string of the molecule is CC1CN(C(=S)Nc2ccc(F)cc2)NC1=O. The number of nitrogens with one attached hydrogen (secondary N) is 2. The number of benzene rings is 1. The first-order valence-corrected chi connectivity index (χ1v) is 5.61. The Morgan fingerprint density at radius 2 is 2.18 bits per heavy atom. The summed E-state index contributed by atoms with van der Waals surface area (Å²) >= 11 is 5.14. The molecule has 0 bridgehead atoms. The molecule has 0 aliphatic carbocycles. The topological polar surface area (TPSA) is 44.4 Å². The summed E-state index contributed by atoms with van der Waals surface area (Å²) in [5.41, 5.74) is 3.34. The van der Waals surface area contributed by atoms with Crippen molar-refractivity contribution in [3.05, 3.63) is 30.1 Å². The minimum Gasteiger partial charge on any atom is -0.331 e. The molecule has 0 saturated carbocycles. The van der Waals surface area contributed by atoms with Gasteiger partial charge in [-0.15, -0.1) is 0 Å². The summed E-state index contributed by atoms with van der Waals surface area (Å²) in [5, 5.41) is 4.90. The third kappa shape index (κ3) is 2.71. The van der Waals surface area contributed by atoms with Gasteiger partial charge >= 0.3 is 0 Å². The summed E-state index contributed by atoms with van der Waals surface area (Å²) in [6.45, 7) is 2.36. The summed E-state index contributed by atoms with van der Waals surface area (Å²) in [5.74, 6) is -0.430. The first kappa shape index (κ1) is 11.8. The fourth-order valence-corrected chi connectivity index (χ4v) is 1.74. The van der Waals surface area contributed by atoms with Gasteiger partial charge < -0.3 is 5.32 Å². The Balaban J connectivity index is 1.98. The Bertz CT molecular complexity index is 449. The predicted octanol–water partition coefficient (Wildman–Crippen LogP) is 1.51. The molecule has 2 rings (SSSR count). The Hall–Kier alpha value is -1.69. The second kappa shape index (κ2) is 4.67. The Kier molecular flexibility index (Phi) is 3.23. The average Bonchev–Trinajstić information content (AvgIpc) is 2.63. The number of thiocarbonyl (C=S) groups is 1. The molecule has 2 N–H and O–H groups in total. The largest absolute Gasteiger partial charge is 0.331 e. The minimum absolute atomic E-state index is 0.0479. The van der Waals surface area contributed by atoms with Crippen LogP contribution in [0.25, 0.3) is 0 Å². The van der Waals surface area contributed by atoms with Gasteiger partial charge in [0.2, 0.25) is 5.91 Å². The molecule has 1 fully saturated rings. The van der Waals surface area contributed by atoms with E-state index < -0.39 is 0 Å². The number of halogens is 1. The Labute approximate surface area is 104 Å². The van der Waals surface area contributed by atoms with Crippen LogP contribution in [0, 0.1) is 11.7 Å². The Morgan fingerprint density at radius 3 is 2.71 bits per heavy atom. The first-order chi connectivity index (χ1) is 8.06. The van der Waals surface area contributed by atoms with Crippen LogP contribution in [-0.2, 0) is 4.79 Å². The number of rotatable bonds is 1. The van der Waals surface area contributed by atoms with Crippen molar-refractivity contribution in [2.75, 3.05) is 11.9 Å². The molecular weight excluding hydrogens is 241 g/mol. The highest BCUT2D eigenvalue weighted by Crippen LogP contribution is 2.12. The zero-order valence-electron chi connectivity index (χ0n) is 9.24. The van der Waals surface area contributed by atoms with Gasteiger partial charge in [-0.25, -0.2) is 4.39 Å². The number of amides is 1. The molecule has 1 aliphatic rings. The van der Waals surface area contributed by atoms with Gasteiger partial charge in [0.05, 0.1) is 12.5 Å². The van der Waals surface area contributed by atoms with Crippen LogP contribution in [0.4, 0.5) is 10.1 Å². The van der Waals surface area contributed by atoms with E-state index in [2.05, 4.69) is 10.7 Å². The van der Waals surface area contributed by atoms with Crippen LogP contribution in [0.5, 0.6) is 0 Å². The molecule has 1 aliphatic heterocycles. The van der Waals surface area contributed by atoms with E-state index in [9.17, 15) is 9.18 Å². The first-order valence-electron chi connectivity index (χ1n) is 5.21. The van der Waals surface area contributed by atoms with Crippen molar-refractivity contribution in [1.29, 1.82) is 0 Å². The molecule has 0 aromatic heterocycles. The van der Waals surface area contributed by atoms with Gasteiger partial charge in [-0.1, -0.05) is 6.92 Å². The van der Waals surface area contributed by atoms with Crippen LogP contribution in [0.1, 0.15) is 6.92 Å². The smallest absolute Gasteiger partial charge is 0.243 e. The van der Waals surface area contributed by atoms with E-state index in [1.807, 2.05) is 6.92 Å². The van der Waals surface area contributed by atoms with Gasteiger partial charge in [0.15, 0.2) is 5.11 Å². The maximum Gasteiger partial charge on any atom is 0.243 e. The number of nitrogens with zero attached hydrogens (tertiary/aromatic N) is 1. The third-order valence-electron chi connectivity index (χ3n) is 2.49. The predicted molar refractivity (Wildman–Crippen MR) is 66.6 cm³/mol. The van der Waals surface area contributed by atoms with E-state index in [0.717, 1.165) is 0 Å². The number of hydrogen-bond donors (Lipinski definition) is 2. The van der Waals surface area contributed by atoms with E-state index >= 15 is 0 Å². The molecule has 1 aromatic rings. The molecule has 1 saturated heterocycles. The van der Waals surface area contributed by atoms with Gasteiger partial charge in [0.25, 0.3) is 0 Å². The highest BCUT2D eigenvalue weighted by Gasteiger charge is 2.28. The highest BCUT2D eigenvalue weighted by molar-refractivity contribution is 7.80. The van der Waals surface area contributed by atoms with Crippen molar-refractivity contribution in [2.24, 2.45) is 5.92 Å². The van der Waals surface area contributed by atoms with Crippen molar-refractivity contribution in [1.82, 2.24) is 10.4 Å². The van der Waals surface area contributed by atoms with Gasteiger partial charge in [0, 0.05) is 5.69 Å². The Morgan fingerprint density at radius 1 is 1.53 bits per heavy atom. The molecule has 1 aromatic carbocycles. The van der Waals surface area contributed by atoms with Crippen molar-refractivity contribution >= 4 is 28.9 Å². The van der Waals surface area contributed by atoms with Crippen LogP contribution in [-0.4, -0.2) is 22.6 Å². The molecular formula is C11H12FN3OS. The molecule has 1 unspecified atom stereocenters. The minimum atomic E-state index is -0.301. The van der Waals surface area contributed by atoms with E-state index in [0.29, 0.717) is 17.3 Å². The average molecular weight is 253 g/mol. The lowest BCUT2D eigenvalue weighted by molar-refractivity contribution is -0.122. The number of hydrogen-bond acceptors (Lipinski definition) is 2. The lowest BCUT2D eigenvalue weighted by Crippen LogP contribution is -2.41. The van der Waals surface area contributed by atoms with E-state index in [-0.39, 0.29) is 17.6 Å². The van der Waals surface area contributed by atoms with Crippen LogP contribution in [0.3, 0.4) is 0 Å². The number of anilines is 1. The summed E-state index contributed by atoms with van der Waals surface area (Å²) in [7, 11) is 0. The van der Waals surface area contributed by atoms with Gasteiger partial charge in [-0.2, -0.15) is 0 Å². The summed E-state index contributed by atoms with van der Waals surface area (Å²) in [4.78, 5) is 11.3. The second-order valence-electron chi connectivity index (χ2n) is 3.92. The fourth-order valence-electron chi connectivity index (χ4n) is 1.50. The molecule has 17 heavy (non-hydrogen) atoms. The lowest BCUT2D eigenvalue weighted by Gasteiger charge is -2.19. The van der Waals surface area contributed by atoms with Crippen molar-refractivity contribution < 1.29 is 9.18 Å². The molecule has 1 atom stereocenters. The van der Waals surface area contributed by atoms with Gasteiger partial charge in [0.1, 0.15) is 5.82 Å². The van der Waals surface area contributed by atoms with Gasteiger partial charge in [-0.3, -0.25) is 15.2 Å². The maximum atomic E-state index is 12.7. The van der Waals surface area contributed by atoms with Crippen LogP contribution in [0.15, 0.2) is 24.3 Å². The normalized spacial score (nSPS) is 19.1. The van der Waals surface area contributed by atoms with E-state index in [4.69, 9.17) is 12.2 Å². The van der Waals surface area contributed by atoms with Crippen LogP contribution >= 0.6 is 12.2 Å². The van der Waals surface area contributed by atoms with Crippen molar-refractivity contribution in [2.45, 2.75) is 6.92 Å². The monoisotopic (exact) mass is 253 g/mol. The van der Waals surface area contributed by atoms with Crippen LogP contribution < -0.4 is 10.7 Å². The highest BCUT2D eigenvalue weighted by atomic mass is 32.1. The summed E-state index contributed by atoms with van der Waals surface area (Å²) in [6, 6.07) is 5.86. The zero-order chi connectivity index (χ0) is 12.4. The zero-order valence-corrected chi connectivity index (χ0v) is 10.1. The standard InChI is InChI=1S/C11H12FN3OS/c1-7-6-15(14-10(7)16)11(17)13-9-4-2-8(12)3-5-9/h2-5,7H,6H2,1H3,(H,13,17)(H,14,16). The van der Waals surface area contributed by atoms with Crippen molar-refractivity contribution in [3.8, 4) is 0 Å². The molecule has 90 valence electrons. The molecule has 0 radical (unpaired) electrons. The number of hydrazine groups is 1. The molecule has 4 nitrogen and oxygen atoms in total. The molecule has 6 heteroatoms. The third-order valence-corrected chi connectivity index (χ3v) is 2.81. The lowest BCUT2D eigenvalue weighted by atomic mass is 10.2. The van der Waals surface area contributed by atoms with E-state index in [1.165, 1.54) is 12.1 Å². The van der Waals surface area contributed by atoms with Gasteiger partial charge in [-0.05, 0) is 36.5 Å². The summed E-state index contributed by atoms with van der Waals surface area (Å²) in [6.07, 6.45) is 0. The van der Waals surface area contributed by atoms with E-state index in [1.54, 1.807) is 17.1 Å². The number of carbonyl (C=O) groups is 1. The molecule has 1 amide bonds. The van der Waals surface area contributed by atoms with Crippen molar-refractivity contribution in [3.63, 3.8) is 0 Å². The van der Waals surface area contributed by atoms with Crippen LogP contribution in [0.2, 0.25) is 0 Å². The summed E-state index contributed by atoms with van der Waals surface area (Å²) < 4.78 is 12.7. The maximum absolute atomic E-state index is 12.7. The second-order valence-corrected chi connectivity index (χ2v) is 4.31. The quantitative estimate of drug-likeness (QED) is 0.745.